The third kappa shape index (κ3) is 3.26. The Morgan fingerprint density at radius 1 is 1.47 bits per heavy atom. The number of nitrogens with one attached hydrogen (secondary N) is 1. The smallest absolute Gasteiger partial charge is 0.161 e. The molecule has 0 aliphatic carbocycles. The van der Waals surface area contributed by atoms with Crippen LogP contribution in [-0.4, -0.2) is 17.0 Å². The Morgan fingerprint density at radius 3 is 2.88 bits per heavy atom. The molecule has 1 heterocycles. The monoisotopic (exact) mass is 312 g/mol. The Kier molecular flexibility index (Phi) is 4.15. The van der Waals surface area contributed by atoms with E-state index in [0.29, 0.717) is 11.2 Å². The van der Waals surface area contributed by atoms with Crippen molar-refractivity contribution in [1.82, 2.24) is 0 Å². The quantitative estimate of drug-likeness (QED) is 0.880. The molecule has 0 spiro atoms. The van der Waals surface area contributed by atoms with Crippen molar-refractivity contribution in [3.63, 3.8) is 0 Å². The maximum atomic E-state index is 4.56. The van der Waals surface area contributed by atoms with Gasteiger partial charge in [0.1, 0.15) is 0 Å². The van der Waals surface area contributed by atoms with E-state index in [4.69, 9.17) is 0 Å². The molecule has 4 heteroatoms. The second-order valence-electron chi connectivity index (χ2n) is 4.63. The number of nitrogens with zero attached hydrogens (tertiary/aromatic N) is 1. The highest BCUT2D eigenvalue weighted by molar-refractivity contribution is 9.10. The van der Waals surface area contributed by atoms with Crippen LogP contribution >= 0.6 is 27.7 Å². The van der Waals surface area contributed by atoms with Crippen molar-refractivity contribution >= 4 is 38.5 Å². The van der Waals surface area contributed by atoms with Crippen LogP contribution in [0.25, 0.3) is 0 Å². The minimum absolute atomic E-state index is 0.616. The molecule has 0 bridgehead atoms. The zero-order chi connectivity index (χ0) is 12.4. The van der Waals surface area contributed by atoms with Crippen LogP contribution in [0, 0.1) is 12.8 Å². The minimum Gasteiger partial charge on any atom is -0.335 e. The van der Waals surface area contributed by atoms with Crippen LogP contribution in [0.5, 0.6) is 0 Å². The summed E-state index contributed by atoms with van der Waals surface area (Å²) in [6.45, 7) is 7.54. The summed E-state index contributed by atoms with van der Waals surface area (Å²) in [5.41, 5.74) is 2.37. The molecule has 2 rings (SSSR count). The maximum Gasteiger partial charge on any atom is 0.161 e. The van der Waals surface area contributed by atoms with E-state index in [0.717, 1.165) is 21.9 Å². The molecule has 1 aromatic carbocycles. The molecule has 0 fully saturated rings. The number of aliphatic imine (C=N–C) groups is 1. The van der Waals surface area contributed by atoms with Gasteiger partial charge in [0, 0.05) is 15.4 Å². The average Bonchev–Trinajstić information content (AvgIpc) is 2.72. The van der Waals surface area contributed by atoms with Crippen molar-refractivity contribution < 1.29 is 0 Å². The lowest BCUT2D eigenvalue weighted by atomic mass is 10.1. The van der Waals surface area contributed by atoms with Crippen LogP contribution in [-0.2, 0) is 0 Å². The SMILES string of the molecule is Cc1ccc(Br)cc1NC1=NCC(C(C)C)S1. The molecule has 0 amide bonds. The van der Waals surface area contributed by atoms with Crippen LogP contribution in [0.1, 0.15) is 19.4 Å². The van der Waals surface area contributed by atoms with E-state index in [9.17, 15) is 0 Å². The molecule has 1 aliphatic rings. The van der Waals surface area contributed by atoms with E-state index in [1.165, 1.54) is 5.56 Å². The van der Waals surface area contributed by atoms with E-state index in [1.807, 2.05) is 11.8 Å². The summed E-state index contributed by atoms with van der Waals surface area (Å²) in [5, 5.41) is 5.08. The third-order valence-corrected chi connectivity index (χ3v) is 4.81. The van der Waals surface area contributed by atoms with E-state index in [-0.39, 0.29) is 0 Å². The van der Waals surface area contributed by atoms with Gasteiger partial charge in [0.05, 0.1) is 6.54 Å². The van der Waals surface area contributed by atoms with Gasteiger partial charge in [-0.15, -0.1) is 0 Å². The number of benzene rings is 1. The van der Waals surface area contributed by atoms with Crippen molar-refractivity contribution in [1.29, 1.82) is 0 Å². The van der Waals surface area contributed by atoms with Crippen LogP contribution in [0.4, 0.5) is 5.69 Å². The number of anilines is 1. The first-order valence-corrected chi connectivity index (χ1v) is 7.48. The highest BCUT2D eigenvalue weighted by atomic mass is 79.9. The van der Waals surface area contributed by atoms with Gasteiger partial charge in [-0.2, -0.15) is 0 Å². The fourth-order valence-electron chi connectivity index (χ4n) is 1.65. The molecule has 0 aromatic heterocycles. The second-order valence-corrected chi connectivity index (χ2v) is 6.77. The van der Waals surface area contributed by atoms with Crippen LogP contribution in [0.2, 0.25) is 0 Å². The summed E-state index contributed by atoms with van der Waals surface area (Å²) in [7, 11) is 0. The number of amidine groups is 1. The van der Waals surface area contributed by atoms with Gasteiger partial charge >= 0.3 is 0 Å². The van der Waals surface area contributed by atoms with Crippen LogP contribution < -0.4 is 5.32 Å². The number of thioether (sulfide) groups is 1. The van der Waals surface area contributed by atoms with Gasteiger partial charge in [-0.1, -0.05) is 47.6 Å². The van der Waals surface area contributed by atoms with Crippen molar-refractivity contribution in [2.45, 2.75) is 26.0 Å². The molecule has 1 aromatic rings. The number of aryl methyl sites for hydroxylation is 1. The summed E-state index contributed by atoms with van der Waals surface area (Å²) in [5.74, 6) is 0.673. The van der Waals surface area contributed by atoms with Gasteiger partial charge in [0.15, 0.2) is 5.17 Å². The second kappa shape index (κ2) is 5.44. The molecular formula is C13H17BrN2S. The normalized spacial score (nSPS) is 19.6. The van der Waals surface area contributed by atoms with Crippen molar-refractivity contribution in [3.8, 4) is 0 Å². The lowest BCUT2D eigenvalue weighted by Gasteiger charge is -2.13. The first kappa shape index (κ1) is 13.0. The maximum absolute atomic E-state index is 4.56. The first-order chi connectivity index (χ1) is 8.06. The Hall–Kier alpha value is -0.480. The summed E-state index contributed by atoms with van der Waals surface area (Å²) in [6.07, 6.45) is 0. The molecule has 1 unspecified atom stereocenters. The van der Waals surface area contributed by atoms with E-state index < -0.39 is 0 Å². The highest BCUT2D eigenvalue weighted by Crippen LogP contribution is 2.29. The lowest BCUT2D eigenvalue weighted by Crippen LogP contribution is -2.13. The van der Waals surface area contributed by atoms with Gasteiger partial charge in [0.2, 0.25) is 0 Å². The molecule has 0 saturated heterocycles. The molecular weight excluding hydrogens is 296 g/mol. The predicted molar refractivity (Wildman–Crippen MR) is 81.0 cm³/mol. The Labute approximate surface area is 115 Å². The zero-order valence-corrected chi connectivity index (χ0v) is 12.7. The van der Waals surface area contributed by atoms with Crippen LogP contribution in [0.3, 0.4) is 0 Å². The summed E-state index contributed by atoms with van der Waals surface area (Å²) in [6, 6.07) is 6.26. The Bertz CT molecular complexity index is 443. The summed E-state index contributed by atoms with van der Waals surface area (Å²) in [4.78, 5) is 4.56. The number of hydrogen-bond donors (Lipinski definition) is 1. The largest absolute Gasteiger partial charge is 0.335 e. The first-order valence-electron chi connectivity index (χ1n) is 5.80. The topological polar surface area (TPSA) is 24.4 Å². The fraction of sp³-hybridized carbons (Fsp3) is 0.462. The van der Waals surface area contributed by atoms with Gasteiger partial charge < -0.3 is 5.32 Å². The standard InChI is InChI=1S/C13H17BrN2S/c1-8(2)12-7-15-13(17-12)16-11-6-10(14)5-4-9(11)3/h4-6,8,12H,7H2,1-3H3,(H,15,16). The van der Waals surface area contributed by atoms with E-state index >= 15 is 0 Å². The summed E-state index contributed by atoms with van der Waals surface area (Å²) < 4.78 is 1.09. The molecule has 0 saturated carbocycles. The van der Waals surface area contributed by atoms with E-state index in [2.05, 4.69) is 65.2 Å². The third-order valence-electron chi connectivity index (χ3n) is 2.86. The van der Waals surface area contributed by atoms with Crippen LogP contribution in [0.15, 0.2) is 27.7 Å². The van der Waals surface area contributed by atoms with Crippen molar-refractivity contribution in [3.05, 3.63) is 28.2 Å². The van der Waals surface area contributed by atoms with Gasteiger partial charge in [-0.05, 0) is 30.5 Å². The number of rotatable bonds is 2. The molecule has 2 nitrogen and oxygen atoms in total. The number of hydrogen-bond acceptors (Lipinski definition) is 3. The van der Waals surface area contributed by atoms with Gasteiger partial charge in [-0.3, -0.25) is 4.99 Å². The zero-order valence-electron chi connectivity index (χ0n) is 10.3. The fourth-order valence-corrected chi connectivity index (χ4v) is 3.04. The van der Waals surface area contributed by atoms with Crippen molar-refractivity contribution in [2.75, 3.05) is 11.9 Å². The lowest BCUT2D eigenvalue weighted by molar-refractivity contribution is 0.621. The molecule has 1 N–H and O–H groups in total. The molecule has 92 valence electrons. The van der Waals surface area contributed by atoms with Gasteiger partial charge in [0.25, 0.3) is 0 Å². The Balaban J connectivity index is 2.05. The molecule has 1 aliphatic heterocycles. The highest BCUT2D eigenvalue weighted by Gasteiger charge is 2.22. The molecule has 17 heavy (non-hydrogen) atoms. The minimum atomic E-state index is 0.616. The predicted octanol–water partition coefficient (Wildman–Crippen LogP) is 4.30. The summed E-state index contributed by atoms with van der Waals surface area (Å²) >= 11 is 5.35. The van der Waals surface area contributed by atoms with Crippen molar-refractivity contribution in [2.24, 2.45) is 10.9 Å². The number of halogens is 1. The Morgan fingerprint density at radius 2 is 2.24 bits per heavy atom. The van der Waals surface area contributed by atoms with E-state index in [1.54, 1.807) is 0 Å². The molecule has 1 atom stereocenters. The average molecular weight is 313 g/mol. The van der Waals surface area contributed by atoms with Gasteiger partial charge in [-0.25, -0.2) is 0 Å². The molecule has 0 radical (unpaired) electrons.